The highest BCUT2D eigenvalue weighted by Gasteiger charge is 2.16. The standard InChI is InChI=1S/C11H19NO2/c1-4-14-9(2)11(12-3)7-10-5-6-13-8-10/h5-6,8-9,11-12H,4,7H2,1-3H3. The Labute approximate surface area is 85.4 Å². The maximum atomic E-state index is 5.55. The molecular weight excluding hydrogens is 178 g/mol. The van der Waals surface area contributed by atoms with E-state index < -0.39 is 0 Å². The van der Waals surface area contributed by atoms with Crippen LogP contribution in [0.5, 0.6) is 0 Å². The first kappa shape index (κ1) is 11.3. The van der Waals surface area contributed by atoms with Crippen LogP contribution in [-0.4, -0.2) is 25.8 Å². The molecule has 1 N–H and O–H groups in total. The number of ether oxygens (including phenoxy) is 1. The van der Waals surface area contributed by atoms with Gasteiger partial charge in [-0.25, -0.2) is 0 Å². The molecule has 0 bridgehead atoms. The number of nitrogens with one attached hydrogen (secondary N) is 1. The molecule has 0 radical (unpaired) electrons. The van der Waals surface area contributed by atoms with Crippen molar-refractivity contribution >= 4 is 0 Å². The zero-order valence-electron chi connectivity index (χ0n) is 9.12. The maximum Gasteiger partial charge on any atom is 0.0935 e. The molecule has 0 aromatic carbocycles. The number of likely N-dealkylation sites (N-methyl/N-ethyl adjacent to an activating group) is 1. The SMILES string of the molecule is CCOC(C)C(Cc1ccoc1)NC. The van der Waals surface area contributed by atoms with Gasteiger partial charge in [0.15, 0.2) is 0 Å². The Hall–Kier alpha value is -0.800. The molecule has 0 saturated carbocycles. The van der Waals surface area contributed by atoms with Crippen LogP contribution in [0.25, 0.3) is 0 Å². The molecule has 0 aliphatic carbocycles. The lowest BCUT2D eigenvalue weighted by atomic mass is 10.0. The van der Waals surface area contributed by atoms with Crippen LogP contribution in [0.3, 0.4) is 0 Å². The van der Waals surface area contributed by atoms with E-state index in [9.17, 15) is 0 Å². The Morgan fingerprint density at radius 2 is 2.36 bits per heavy atom. The van der Waals surface area contributed by atoms with Gasteiger partial charge in [0.05, 0.1) is 18.6 Å². The van der Waals surface area contributed by atoms with Crippen LogP contribution in [-0.2, 0) is 11.2 Å². The Balaban J connectivity index is 2.46. The van der Waals surface area contributed by atoms with E-state index in [2.05, 4.69) is 12.2 Å². The fourth-order valence-electron chi connectivity index (χ4n) is 1.54. The van der Waals surface area contributed by atoms with Crippen LogP contribution in [0, 0.1) is 0 Å². The molecular formula is C11H19NO2. The van der Waals surface area contributed by atoms with Crippen LogP contribution < -0.4 is 5.32 Å². The predicted molar refractivity (Wildman–Crippen MR) is 56.3 cm³/mol. The quantitative estimate of drug-likeness (QED) is 0.755. The minimum Gasteiger partial charge on any atom is -0.472 e. The highest BCUT2D eigenvalue weighted by atomic mass is 16.5. The largest absolute Gasteiger partial charge is 0.472 e. The number of furan rings is 1. The van der Waals surface area contributed by atoms with E-state index in [1.807, 2.05) is 20.0 Å². The third-order valence-electron chi connectivity index (χ3n) is 2.40. The van der Waals surface area contributed by atoms with E-state index in [4.69, 9.17) is 9.15 Å². The fraction of sp³-hybridized carbons (Fsp3) is 0.636. The highest BCUT2D eigenvalue weighted by Crippen LogP contribution is 2.08. The summed E-state index contributed by atoms with van der Waals surface area (Å²) in [7, 11) is 1.96. The number of hydrogen-bond donors (Lipinski definition) is 1. The molecule has 1 aromatic heterocycles. The molecule has 2 atom stereocenters. The van der Waals surface area contributed by atoms with Crippen molar-refractivity contribution in [2.45, 2.75) is 32.4 Å². The van der Waals surface area contributed by atoms with Gasteiger partial charge in [-0.3, -0.25) is 0 Å². The van der Waals surface area contributed by atoms with Crippen molar-refractivity contribution in [2.24, 2.45) is 0 Å². The maximum absolute atomic E-state index is 5.55. The summed E-state index contributed by atoms with van der Waals surface area (Å²) in [6, 6.07) is 2.33. The summed E-state index contributed by atoms with van der Waals surface area (Å²) < 4.78 is 10.6. The van der Waals surface area contributed by atoms with Crippen molar-refractivity contribution in [3.8, 4) is 0 Å². The topological polar surface area (TPSA) is 34.4 Å². The second-order valence-electron chi connectivity index (χ2n) is 3.39. The summed E-state index contributed by atoms with van der Waals surface area (Å²) in [5.74, 6) is 0. The second-order valence-corrected chi connectivity index (χ2v) is 3.39. The van der Waals surface area contributed by atoms with Crippen LogP contribution in [0.4, 0.5) is 0 Å². The van der Waals surface area contributed by atoms with Crippen LogP contribution >= 0.6 is 0 Å². The number of hydrogen-bond acceptors (Lipinski definition) is 3. The molecule has 3 nitrogen and oxygen atoms in total. The Kier molecular flexibility index (Phi) is 4.70. The first-order valence-corrected chi connectivity index (χ1v) is 5.07. The summed E-state index contributed by atoms with van der Waals surface area (Å²) >= 11 is 0. The Bertz CT molecular complexity index is 233. The summed E-state index contributed by atoms with van der Waals surface area (Å²) in [6.45, 7) is 4.86. The summed E-state index contributed by atoms with van der Waals surface area (Å²) in [4.78, 5) is 0. The minimum atomic E-state index is 0.222. The van der Waals surface area contributed by atoms with Crippen molar-refractivity contribution in [2.75, 3.05) is 13.7 Å². The van der Waals surface area contributed by atoms with Crippen molar-refractivity contribution in [3.05, 3.63) is 24.2 Å². The second kappa shape index (κ2) is 5.83. The highest BCUT2D eigenvalue weighted by molar-refractivity contribution is 5.07. The van der Waals surface area contributed by atoms with Gasteiger partial charge in [-0.05, 0) is 38.9 Å². The van der Waals surface area contributed by atoms with Crippen molar-refractivity contribution in [3.63, 3.8) is 0 Å². The summed E-state index contributed by atoms with van der Waals surface area (Å²) in [5, 5.41) is 3.26. The van der Waals surface area contributed by atoms with E-state index in [0.29, 0.717) is 6.04 Å². The Morgan fingerprint density at radius 3 is 2.86 bits per heavy atom. The minimum absolute atomic E-state index is 0.222. The van der Waals surface area contributed by atoms with Gasteiger partial charge in [0.2, 0.25) is 0 Å². The summed E-state index contributed by atoms with van der Waals surface area (Å²) in [5.41, 5.74) is 1.20. The third-order valence-corrected chi connectivity index (χ3v) is 2.40. The molecule has 1 rings (SSSR count). The van der Waals surface area contributed by atoms with Gasteiger partial charge < -0.3 is 14.5 Å². The number of rotatable bonds is 6. The zero-order valence-corrected chi connectivity index (χ0v) is 9.12. The molecule has 0 fully saturated rings. The van der Waals surface area contributed by atoms with E-state index in [1.54, 1.807) is 12.5 Å². The summed E-state index contributed by atoms with van der Waals surface area (Å²) in [6.07, 6.45) is 4.64. The van der Waals surface area contributed by atoms with Crippen LogP contribution in [0.2, 0.25) is 0 Å². The molecule has 0 saturated heterocycles. The molecule has 2 unspecified atom stereocenters. The van der Waals surface area contributed by atoms with Gasteiger partial charge in [-0.1, -0.05) is 0 Å². The molecule has 1 aromatic rings. The zero-order chi connectivity index (χ0) is 10.4. The first-order chi connectivity index (χ1) is 6.77. The molecule has 0 aliphatic heterocycles. The molecule has 3 heteroatoms. The van der Waals surface area contributed by atoms with Crippen molar-refractivity contribution < 1.29 is 9.15 Å². The van der Waals surface area contributed by atoms with Gasteiger partial charge in [0, 0.05) is 12.6 Å². The molecule has 0 spiro atoms. The van der Waals surface area contributed by atoms with Crippen LogP contribution in [0.15, 0.2) is 23.0 Å². The molecule has 0 amide bonds. The smallest absolute Gasteiger partial charge is 0.0935 e. The molecule has 80 valence electrons. The Morgan fingerprint density at radius 1 is 1.57 bits per heavy atom. The van der Waals surface area contributed by atoms with E-state index in [0.717, 1.165) is 13.0 Å². The average Bonchev–Trinajstić information content (AvgIpc) is 2.66. The third kappa shape index (κ3) is 3.16. The lowest BCUT2D eigenvalue weighted by Crippen LogP contribution is -2.39. The fourth-order valence-corrected chi connectivity index (χ4v) is 1.54. The average molecular weight is 197 g/mol. The van der Waals surface area contributed by atoms with Crippen molar-refractivity contribution in [1.82, 2.24) is 5.32 Å². The van der Waals surface area contributed by atoms with Gasteiger partial charge >= 0.3 is 0 Å². The van der Waals surface area contributed by atoms with Gasteiger partial charge in [-0.2, -0.15) is 0 Å². The van der Waals surface area contributed by atoms with E-state index in [1.165, 1.54) is 5.56 Å². The lowest BCUT2D eigenvalue weighted by Gasteiger charge is -2.22. The molecule has 1 heterocycles. The first-order valence-electron chi connectivity index (χ1n) is 5.07. The normalized spacial score (nSPS) is 15.4. The van der Waals surface area contributed by atoms with E-state index in [-0.39, 0.29) is 6.10 Å². The van der Waals surface area contributed by atoms with Crippen molar-refractivity contribution in [1.29, 1.82) is 0 Å². The van der Waals surface area contributed by atoms with Gasteiger partial charge in [0.25, 0.3) is 0 Å². The lowest BCUT2D eigenvalue weighted by molar-refractivity contribution is 0.0496. The van der Waals surface area contributed by atoms with E-state index >= 15 is 0 Å². The van der Waals surface area contributed by atoms with Crippen LogP contribution in [0.1, 0.15) is 19.4 Å². The predicted octanol–water partition coefficient (Wildman–Crippen LogP) is 1.84. The monoisotopic (exact) mass is 197 g/mol. The van der Waals surface area contributed by atoms with Gasteiger partial charge in [0.1, 0.15) is 0 Å². The molecule has 0 aliphatic rings. The van der Waals surface area contributed by atoms with Gasteiger partial charge in [-0.15, -0.1) is 0 Å². The molecule has 14 heavy (non-hydrogen) atoms.